The predicted octanol–water partition coefficient (Wildman–Crippen LogP) is 5.44. The van der Waals surface area contributed by atoms with E-state index in [0.29, 0.717) is 19.6 Å². The number of alkyl carbamates (subject to hydrolysis) is 1. The minimum absolute atomic E-state index is 0.310. The summed E-state index contributed by atoms with van der Waals surface area (Å²) in [6.45, 7) is 1.02. The van der Waals surface area contributed by atoms with Crippen molar-refractivity contribution in [3.8, 4) is 12.3 Å². The predicted molar refractivity (Wildman–Crippen MR) is 96.3 cm³/mol. The molecule has 0 radical (unpaired) electrons. The molecule has 0 aromatic rings. The van der Waals surface area contributed by atoms with Crippen molar-refractivity contribution in [3.63, 3.8) is 0 Å². The molecule has 1 amide bonds. The van der Waals surface area contributed by atoms with Crippen LogP contribution in [0.4, 0.5) is 4.79 Å². The first-order chi connectivity index (χ1) is 11.3. The largest absolute Gasteiger partial charge is 0.449 e. The van der Waals surface area contributed by atoms with Crippen LogP contribution in [0.2, 0.25) is 0 Å². The molecular weight excluding hydrogens is 286 g/mol. The van der Waals surface area contributed by atoms with E-state index in [1.165, 1.54) is 77.0 Å². The number of carbonyl (C=O) groups excluding carboxylic acids is 1. The maximum absolute atomic E-state index is 11.4. The van der Waals surface area contributed by atoms with E-state index in [2.05, 4.69) is 11.2 Å². The Morgan fingerprint density at radius 1 is 1.00 bits per heavy atom. The van der Waals surface area contributed by atoms with Gasteiger partial charge >= 0.3 is 6.09 Å². The highest BCUT2D eigenvalue weighted by atomic mass is 16.5. The van der Waals surface area contributed by atoms with Crippen molar-refractivity contribution >= 4 is 6.09 Å². The first-order valence-electron chi connectivity index (χ1n) is 9.67. The van der Waals surface area contributed by atoms with Crippen LogP contribution < -0.4 is 5.32 Å². The molecule has 23 heavy (non-hydrogen) atoms. The second-order valence-corrected chi connectivity index (χ2v) is 6.78. The van der Waals surface area contributed by atoms with Crippen LogP contribution in [0.25, 0.3) is 0 Å². The van der Waals surface area contributed by atoms with Gasteiger partial charge < -0.3 is 10.1 Å². The number of amides is 1. The van der Waals surface area contributed by atoms with Crippen LogP contribution in [-0.4, -0.2) is 19.2 Å². The molecule has 0 aromatic carbocycles. The lowest BCUT2D eigenvalue weighted by Gasteiger charge is -2.16. The summed E-state index contributed by atoms with van der Waals surface area (Å²) >= 11 is 0. The quantitative estimate of drug-likeness (QED) is 0.501. The number of hydrogen-bond donors (Lipinski definition) is 1. The molecule has 1 rings (SSSR count). The number of nitrogens with one attached hydrogen (secondary N) is 1. The molecule has 3 nitrogen and oxygen atoms in total. The smallest absolute Gasteiger partial charge is 0.407 e. The lowest BCUT2D eigenvalue weighted by molar-refractivity contribution is 0.148. The van der Waals surface area contributed by atoms with Gasteiger partial charge in [0.2, 0.25) is 0 Å². The molecule has 132 valence electrons. The topological polar surface area (TPSA) is 38.3 Å². The number of carbonyl (C=O) groups is 1. The summed E-state index contributed by atoms with van der Waals surface area (Å²) in [5, 5.41) is 2.80. The fourth-order valence-electron chi connectivity index (χ4n) is 3.36. The van der Waals surface area contributed by atoms with Gasteiger partial charge in [-0.05, 0) is 12.3 Å². The third-order valence-electron chi connectivity index (χ3n) is 4.76. The first-order valence-corrected chi connectivity index (χ1v) is 9.67. The summed E-state index contributed by atoms with van der Waals surface area (Å²) in [6.07, 6.45) is 23.0. The summed E-state index contributed by atoms with van der Waals surface area (Å²) in [4.78, 5) is 11.4. The monoisotopic (exact) mass is 321 g/mol. The number of rotatable bonds is 7. The minimum atomic E-state index is -0.338. The summed E-state index contributed by atoms with van der Waals surface area (Å²) in [5.74, 6) is 3.35. The van der Waals surface area contributed by atoms with Gasteiger partial charge in [-0.15, -0.1) is 12.3 Å². The van der Waals surface area contributed by atoms with E-state index in [0.717, 1.165) is 12.3 Å². The Balaban J connectivity index is 2.05. The normalized spacial score (nSPS) is 17.7. The van der Waals surface area contributed by atoms with Crippen molar-refractivity contribution < 1.29 is 9.53 Å². The maximum Gasteiger partial charge on any atom is 0.407 e. The second kappa shape index (κ2) is 14.4. The van der Waals surface area contributed by atoms with Crippen LogP contribution in [-0.2, 0) is 4.74 Å². The molecule has 1 N–H and O–H groups in total. The lowest BCUT2D eigenvalue weighted by Crippen LogP contribution is -2.25. The van der Waals surface area contributed by atoms with Gasteiger partial charge in [0.15, 0.2) is 0 Å². The minimum Gasteiger partial charge on any atom is -0.449 e. The van der Waals surface area contributed by atoms with E-state index in [-0.39, 0.29) is 6.09 Å². The SMILES string of the molecule is C#CCCOC(=O)NCCCCC1CCCCCCCCCC1. The average molecular weight is 322 g/mol. The molecular formula is C20H35NO2. The fraction of sp³-hybridized carbons (Fsp3) is 0.850. The van der Waals surface area contributed by atoms with Crippen LogP contribution in [0.1, 0.15) is 89.9 Å². The zero-order valence-corrected chi connectivity index (χ0v) is 14.8. The van der Waals surface area contributed by atoms with Gasteiger partial charge in [0, 0.05) is 13.0 Å². The van der Waals surface area contributed by atoms with Crippen molar-refractivity contribution in [3.05, 3.63) is 0 Å². The van der Waals surface area contributed by atoms with Gasteiger partial charge in [0.05, 0.1) is 0 Å². The molecule has 0 spiro atoms. The van der Waals surface area contributed by atoms with Gasteiger partial charge in [0.1, 0.15) is 6.61 Å². The van der Waals surface area contributed by atoms with Gasteiger partial charge in [0.25, 0.3) is 0 Å². The molecule has 1 aliphatic carbocycles. The number of hydrogen-bond acceptors (Lipinski definition) is 2. The molecule has 0 aromatic heterocycles. The molecule has 3 heteroatoms. The summed E-state index contributed by atoms with van der Waals surface area (Å²) in [7, 11) is 0. The lowest BCUT2D eigenvalue weighted by atomic mass is 9.90. The molecule has 1 fully saturated rings. The Morgan fingerprint density at radius 2 is 1.61 bits per heavy atom. The van der Waals surface area contributed by atoms with E-state index >= 15 is 0 Å². The van der Waals surface area contributed by atoms with E-state index < -0.39 is 0 Å². The van der Waals surface area contributed by atoms with Crippen LogP contribution >= 0.6 is 0 Å². The zero-order valence-electron chi connectivity index (χ0n) is 14.8. The Labute approximate surface area is 142 Å². The molecule has 0 bridgehead atoms. The van der Waals surface area contributed by atoms with E-state index in [4.69, 9.17) is 11.2 Å². The summed E-state index contributed by atoms with van der Waals surface area (Å²) < 4.78 is 4.95. The highest BCUT2D eigenvalue weighted by molar-refractivity contribution is 5.66. The maximum atomic E-state index is 11.4. The fourth-order valence-corrected chi connectivity index (χ4v) is 3.36. The first kappa shape index (κ1) is 19.9. The third kappa shape index (κ3) is 12.0. The Hall–Kier alpha value is -1.17. The average Bonchev–Trinajstić information content (AvgIpc) is 2.61. The van der Waals surface area contributed by atoms with E-state index in [1.807, 2.05) is 0 Å². The second-order valence-electron chi connectivity index (χ2n) is 6.78. The zero-order chi connectivity index (χ0) is 16.6. The summed E-state index contributed by atoms with van der Waals surface area (Å²) in [5.41, 5.74) is 0. The number of ether oxygens (including phenoxy) is 1. The van der Waals surface area contributed by atoms with Crippen molar-refractivity contribution in [2.75, 3.05) is 13.2 Å². The van der Waals surface area contributed by atoms with Gasteiger partial charge in [-0.1, -0.05) is 77.0 Å². The Morgan fingerprint density at radius 3 is 2.22 bits per heavy atom. The standard InChI is InChI=1S/C20H35NO2/c1-2-3-18-23-20(22)21-17-13-12-16-19-14-10-8-6-4-5-7-9-11-15-19/h1,19H,3-18H2,(H,21,22). The van der Waals surface area contributed by atoms with E-state index in [1.54, 1.807) is 0 Å². The molecule has 1 saturated carbocycles. The Bertz CT molecular complexity index is 323. The molecule has 1 aliphatic rings. The van der Waals surface area contributed by atoms with Gasteiger partial charge in [-0.3, -0.25) is 0 Å². The summed E-state index contributed by atoms with van der Waals surface area (Å²) in [6, 6.07) is 0. The van der Waals surface area contributed by atoms with Crippen LogP contribution in [0, 0.1) is 18.3 Å². The van der Waals surface area contributed by atoms with Gasteiger partial charge in [-0.2, -0.15) is 0 Å². The van der Waals surface area contributed by atoms with Gasteiger partial charge in [-0.25, -0.2) is 4.79 Å². The van der Waals surface area contributed by atoms with Crippen LogP contribution in [0.3, 0.4) is 0 Å². The van der Waals surface area contributed by atoms with E-state index in [9.17, 15) is 4.79 Å². The van der Waals surface area contributed by atoms with Crippen LogP contribution in [0.5, 0.6) is 0 Å². The molecule has 0 atom stereocenters. The highest BCUT2D eigenvalue weighted by Crippen LogP contribution is 2.25. The molecule has 0 saturated heterocycles. The highest BCUT2D eigenvalue weighted by Gasteiger charge is 2.10. The number of unbranched alkanes of at least 4 members (excludes halogenated alkanes) is 1. The molecule has 0 unspecified atom stereocenters. The van der Waals surface area contributed by atoms with Crippen LogP contribution in [0.15, 0.2) is 0 Å². The van der Waals surface area contributed by atoms with Crippen molar-refractivity contribution in [2.24, 2.45) is 5.92 Å². The third-order valence-corrected chi connectivity index (χ3v) is 4.76. The Kier molecular flexibility index (Phi) is 12.5. The van der Waals surface area contributed by atoms with Crippen molar-refractivity contribution in [1.29, 1.82) is 0 Å². The molecule has 0 heterocycles. The van der Waals surface area contributed by atoms with Crippen molar-refractivity contribution in [2.45, 2.75) is 89.9 Å². The number of terminal acetylenes is 1. The van der Waals surface area contributed by atoms with Crippen molar-refractivity contribution in [1.82, 2.24) is 5.32 Å². The molecule has 0 aliphatic heterocycles.